The average molecular weight is 645 g/mol. The Morgan fingerprint density at radius 1 is 1.13 bits per heavy atom. The summed E-state index contributed by atoms with van der Waals surface area (Å²) < 4.78 is 67.1. The standard InChI is InChI=1S/C33H28F4N8O2/c34-26-12-20(15-38)4-5-23(26)19-47-24-3-1-2-22(13-24)21-6-9-44(10-7-21)18-30-40-27-14-28(31-41-32(43-42-31)33(35,36)37)39-16-29(27)45(30)17-25-8-11-46-25/h1-6,12-14,16,25H,7-11,17-19H2,(H,41,42,43)/t25-/m0/s1. The van der Waals surface area contributed by atoms with E-state index in [1.165, 1.54) is 11.6 Å². The van der Waals surface area contributed by atoms with Crippen LogP contribution in [0.5, 0.6) is 5.75 Å². The number of pyridine rings is 1. The van der Waals surface area contributed by atoms with E-state index in [1.54, 1.807) is 24.4 Å². The lowest BCUT2D eigenvalue weighted by Crippen LogP contribution is -2.33. The minimum Gasteiger partial charge on any atom is -0.489 e. The molecule has 2 aliphatic rings. The van der Waals surface area contributed by atoms with Gasteiger partial charge < -0.3 is 19.0 Å². The van der Waals surface area contributed by atoms with Crippen molar-refractivity contribution in [1.82, 2.24) is 34.6 Å². The number of nitrogens with zero attached hydrogens (tertiary/aromatic N) is 7. The summed E-state index contributed by atoms with van der Waals surface area (Å²) in [6.07, 6.45) is 0.925. The number of nitrogens with one attached hydrogen (secondary N) is 1. The fraction of sp³-hybridized carbons (Fsp3) is 0.303. The molecule has 2 aliphatic heterocycles. The number of hydrogen-bond donors (Lipinski definition) is 1. The van der Waals surface area contributed by atoms with Gasteiger partial charge in [-0.25, -0.2) is 9.37 Å². The third-order valence-electron chi connectivity index (χ3n) is 8.33. The van der Waals surface area contributed by atoms with E-state index < -0.39 is 17.8 Å². The molecule has 0 spiro atoms. The molecule has 14 heteroatoms. The van der Waals surface area contributed by atoms with Crippen LogP contribution in [-0.2, 0) is 30.6 Å². The zero-order valence-corrected chi connectivity index (χ0v) is 25.0. The number of alkyl halides is 3. The normalized spacial score (nSPS) is 16.9. The molecule has 1 N–H and O–H groups in total. The van der Waals surface area contributed by atoms with Crippen molar-refractivity contribution in [2.45, 2.75) is 44.8 Å². The van der Waals surface area contributed by atoms with Gasteiger partial charge in [-0.2, -0.15) is 18.4 Å². The fourth-order valence-corrected chi connectivity index (χ4v) is 5.66. The monoisotopic (exact) mass is 644 g/mol. The van der Waals surface area contributed by atoms with Gasteiger partial charge in [-0.15, -0.1) is 10.2 Å². The van der Waals surface area contributed by atoms with E-state index in [0.717, 1.165) is 36.3 Å². The quantitative estimate of drug-likeness (QED) is 0.197. The first-order chi connectivity index (χ1) is 22.7. The smallest absolute Gasteiger partial charge is 0.451 e. The molecule has 0 bridgehead atoms. The van der Waals surface area contributed by atoms with Crippen molar-refractivity contribution in [3.8, 4) is 23.3 Å². The maximum atomic E-state index is 14.3. The summed E-state index contributed by atoms with van der Waals surface area (Å²) in [5.41, 5.74) is 4.41. The van der Waals surface area contributed by atoms with Crippen LogP contribution in [0.4, 0.5) is 17.6 Å². The van der Waals surface area contributed by atoms with Gasteiger partial charge in [0.15, 0.2) is 5.82 Å². The van der Waals surface area contributed by atoms with Gasteiger partial charge in [0.2, 0.25) is 5.82 Å². The summed E-state index contributed by atoms with van der Waals surface area (Å²) in [7, 11) is 0. The Balaban J connectivity index is 1.06. The first-order valence-electron chi connectivity index (χ1n) is 15.0. The lowest BCUT2D eigenvalue weighted by Gasteiger charge is -2.29. The zero-order valence-electron chi connectivity index (χ0n) is 25.0. The van der Waals surface area contributed by atoms with E-state index >= 15 is 0 Å². The topological polar surface area (TPSA) is 118 Å². The van der Waals surface area contributed by atoms with Gasteiger partial charge in [0.25, 0.3) is 0 Å². The molecule has 7 rings (SSSR count). The Morgan fingerprint density at radius 3 is 2.70 bits per heavy atom. The van der Waals surface area contributed by atoms with Gasteiger partial charge in [0.05, 0.1) is 48.1 Å². The molecular formula is C33H28F4N8O2. The number of H-pyrrole nitrogens is 1. The minimum absolute atomic E-state index is 0.0464. The number of aromatic nitrogens is 6. The zero-order chi connectivity index (χ0) is 32.5. The number of halogens is 4. The van der Waals surface area contributed by atoms with Gasteiger partial charge in [-0.3, -0.25) is 9.88 Å². The highest BCUT2D eigenvalue weighted by atomic mass is 19.4. The summed E-state index contributed by atoms with van der Waals surface area (Å²) in [6.45, 7) is 3.37. The third kappa shape index (κ3) is 6.58. The van der Waals surface area contributed by atoms with Crippen molar-refractivity contribution in [2.24, 2.45) is 0 Å². The van der Waals surface area contributed by atoms with Crippen LogP contribution < -0.4 is 4.74 Å². The molecule has 1 saturated heterocycles. The van der Waals surface area contributed by atoms with Crippen LogP contribution >= 0.6 is 0 Å². The molecule has 47 heavy (non-hydrogen) atoms. The highest BCUT2D eigenvalue weighted by Crippen LogP contribution is 2.30. The second kappa shape index (κ2) is 12.6. The highest BCUT2D eigenvalue weighted by molar-refractivity contribution is 5.79. The molecule has 10 nitrogen and oxygen atoms in total. The number of nitriles is 1. The number of hydrogen-bond acceptors (Lipinski definition) is 8. The number of rotatable bonds is 9. The van der Waals surface area contributed by atoms with Crippen LogP contribution in [0, 0.1) is 17.1 Å². The van der Waals surface area contributed by atoms with Crippen molar-refractivity contribution < 1.29 is 27.0 Å². The first kappa shape index (κ1) is 30.5. The maximum Gasteiger partial charge on any atom is 0.451 e. The first-order valence-corrected chi connectivity index (χ1v) is 15.0. The largest absolute Gasteiger partial charge is 0.489 e. The fourth-order valence-electron chi connectivity index (χ4n) is 5.66. The van der Waals surface area contributed by atoms with Gasteiger partial charge in [0.1, 0.15) is 29.7 Å². The van der Waals surface area contributed by atoms with Gasteiger partial charge in [-0.05, 0) is 54.3 Å². The Bertz CT molecular complexity index is 2010. The van der Waals surface area contributed by atoms with E-state index in [-0.39, 0.29) is 29.8 Å². The van der Waals surface area contributed by atoms with Crippen molar-refractivity contribution in [3.63, 3.8) is 0 Å². The number of benzene rings is 2. The molecule has 5 heterocycles. The number of ether oxygens (including phenoxy) is 2. The van der Waals surface area contributed by atoms with Crippen LogP contribution in [-0.4, -0.2) is 60.4 Å². The van der Waals surface area contributed by atoms with Crippen molar-refractivity contribution in [3.05, 3.63) is 95.0 Å². The van der Waals surface area contributed by atoms with E-state index in [2.05, 4.69) is 35.7 Å². The van der Waals surface area contributed by atoms with Crippen molar-refractivity contribution in [2.75, 3.05) is 19.7 Å². The second-order valence-electron chi connectivity index (χ2n) is 11.4. The Hall–Kier alpha value is -5.13. The average Bonchev–Trinajstić information content (AvgIpc) is 3.68. The Kier molecular flexibility index (Phi) is 8.17. The van der Waals surface area contributed by atoms with E-state index in [0.29, 0.717) is 43.1 Å². The molecule has 3 aromatic heterocycles. The molecule has 0 unspecified atom stereocenters. The SMILES string of the molecule is N#Cc1ccc(COc2cccc(C3=CCN(Cc4nc5cc(-c6nnc(C(F)(F)F)[nH]6)ncc5n4C[C@@H]4CCO4)CC3)c2)c(F)c1. The summed E-state index contributed by atoms with van der Waals surface area (Å²) in [6, 6.07) is 15.6. The molecule has 240 valence electrons. The lowest BCUT2D eigenvalue weighted by molar-refractivity contribution is -0.144. The van der Waals surface area contributed by atoms with Crippen LogP contribution in [0.15, 0.2) is 60.8 Å². The van der Waals surface area contributed by atoms with Crippen LogP contribution in [0.25, 0.3) is 28.1 Å². The molecule has 5 aromatic rings. The maximum absolute atomic E-state index is 14.3. The predicted octanol–water partition coefficient (Wildman–Crippen LogP) is 5.90. The highest BCUT2D eigenvalue weighted by Gasteiger charge is 2.35. The number of imidazole rings is 1. The van der Waals surface area contributed by atoms with Crippen molar-refractivity contribution >= 4 is 16.6 Å². The molecule has 0 aliphatic carbocycles. The number of fused-ring (bicyclic) bond motifs is 1. The molecule has 1 atom stereocenters. The number of aromatic amines is 1. The predicted molar refractivity (Wildman–Crippen MR) is 162 cm³/mol. The van der Waals surface area contributed by atoms with Gasteiger partial charge in [-0.1, -0.05) is 24.3 Å². The summed E-state index contributed by atoms with van der Waals surface area (Å²) >= 11 is 0. The third-order valence-corrected chi connectivity index (χ3v) is 8.33. The molecule has 0 saturated carbocycles. The Morgan fingerprint density at radius 2 is 2.00 bits per heavy atom. The van der Waals surface area contributed by atoms with Crippen LogP contribution in [0.1, 0.15) is 41.2 Å². The molecule has 1 fully saturated rings. The molecule has 0 radical (unpaired) electrons. The van der Waals surface area contributed by atoms with Crippen LogP contribution in [0.2, 0.25) is 0 Å². The Labute approximate surface area is 266 Å². The molecular weight excluding hydrogens is 616 g/mol. The summed E-state index contributed by atoms with van der Waals surface area (Å²) in [5, 5.41) is 15.8. The van der Waals surface area contributed by atoms with E-state index in [9.17, 15) is 17.6 Å². The summed E-state index contributed by atoms with van der Waals surface area (Å²) in [4.78, 5) is 13.7. The van der Waals surface area contributed by atoms with Crippen LogP contribution in [0.3, 0.4) is 0 Å². The van der Waals surface area contributed by atoms with E-state index in [1.807, 2.05) is 30.3 Å². The van der Waals surface area contributed by atoms with Gasteiger partial charge in [0, 0.05) is 25.3 Å². The lowest BCUT2D eigenvalue weighted by atomic mass is 9.99. The second-order valence-corrected chi connectivity index (χ2v) is 11.4. The summed E-state index contributed by atoms with van der Waals surface area (Å²) in [5.74, 6) is -0.310. The molecule has 0 amide bonds. The molecule has 2 aromatic carbocycles. The van der Waals surface area contributed by atoms with Crippen molar-refractivity contribution in [1.29, 1.82) is 5.26 Å². The minimum atomic E-state index is -4.64. The van der Waals surface area contributed by atoms with Gasteiger partial charge >= 0.3 is 6.18 Å². The van der Waals surface area contributed by atoms with E-state index in [4.69, 9.17) is 19.7 Å².